The first-order valence-corrected chi connectivity index (χ1v) is 5.82. The molecule has 0 aliphatic rings. The number of rotatable bonds is 3. The van der Waals surface area contributed by atoms with Crippen LogP contribution in [0.25, 0.3) is 0 Å². The van der Waals surface area contributed by atoms with Gasteiger partial charge in [-0.2, -0.15) is 0 Å². The maximum Gasteiger partial charge on any atom is 0.254 e. The van der Waals surface area contributed by atoms with Crippen molar-refractivity contribution in [1.29, 1.82) is 0 Å². The van der Waals surface area contributed by atoms with Gasteiger partial charge in [0.05, 0.1) is 0 Å². The number of halogens is 2. The van der Waals surface area contributed by atoms with Crippen LogP contribution in [0.5, 0.6) is 0 Å². The van der Waals surface area contributed by atoms with Crippen molar-refractivity contribution in [3.8, 4) is 0 Å². The van der Waals surface area contributed by atoms with Gasteiger partial charge >= 0.3 is 0 Å². The predicted octanol–water partition coefficient (Wildman–Crippen LogP) is 3.24. The molecular formula is C15H13F2NO. The molecule has 0 saturated carbocycles. The van der Waals surface area contributed by atoms with E-state index >= 15 is 0 Å². The highest BCUT2D eigenvalue weighted by atomic mass is 19.1. The molecule has 2 nitrogen and oxygen atoms in total. The molecule has 19 heavy (non-hydrogen) atoms. The first-order valence-electron chi connectivity index (χ1n) is 5.82. The second-order valence-corrected chi connectivity index (χ2v) is 4.30. The van der Waals surface area contributed by atoms with Crippen LogP contribution in [0.3, 0.4) is 0 Å². The second kappa shape index (κ2) is 5.61. The molecule has 0 fully saturated rings. The van der Waals surface area contributed by atoms with Gasteiger partial charge in [-0.3, -0.25) is 4.79 Å². The fourth-order valence-electron chi connectivity index (χ4n) is 1.83. The monoisotopic (exact) mass is 261 g/mol. The van der Waals surface area contributed by atoms with Gasteiger partial charge in [0, 0.05) is 25.2 Å². The normalized spacial score (nSPS) is 10.3. The van der Waals surface area contributed by atoms with E-state index in [9.17, 15) is 13.6 Å². The number of carbonyl (C=O) groups excluding carboxylic acids is 1. The average molecular weight is 261 g/mol. The minimum atomic E-state index is -0.753. The molecule has 0 aliphatic heterocycles. The van der Waals surface area contributed by atoms with Crippen LogP contribution in [0.15, 0.2) is 48.5 Å². The minimum absolute atomic E-state index is 0.0101. The quantitative estimate of drug-likeness (QED) is 0.830. The molecule has 0 atom stereocenters. The molecule has 0 N–H and O–H groups in total. The minimum Gasteiger partial charge on any atom is -0.337 e. The summed E-state index contributed by atoms with van der Waals surface area (Å²) in [5, 5.41) is 0. The van der Waals surface area contributed by atoms with Gasteiger partial charge in [-0.15, -0.1) is 0 Å². The number of carbonyl (C=O) groups is 1. The van der Waals surface area contributed by atoms with Gasteiger partial charge in [0.15, 0.2) is 0 Å². The lowest BCUT2D eigenvalue weighted by molar-refractivity contribution is 0.0784. The van der Waals surface area contributed by atoms with Crippen LogP contribution in [0.2, 0.25) is 0 Å². The molecule has 2 aromatic rings. The molecule has 0 heterocycles. The highest BCUT2D eigenvalue weighted by Gasteiger charge is 2.14. The molecule has 2 aromatic carbocycles. The lowest BCUT2D eigenvalue weighted by Crippen LogP contribution is -2.26. The zero-order valence-electron chi connectivity index (χ0n) is 10.4. The smallest absolute Gasteiger partial charge is 0.254 e. The Labute approximate surface area is 110 Å². The van der Waals surface area contributed by atoms with Crippen molar-refractivity contribution in [3.05, 3.63) is 71.3 Å². The van der Waals surface area contributed by atoms with Crippen molar-refractivity contribution in [2.75, 3.05) is 7.05 Å². The van der Waals surface area contributed by atoms with Crippen LogP contribution >= 0.6 is 0 Å². The molecule has 0 bridgehead atoms. The third-order valence-electron chi connectivity index (χ3n) is 2.72. The fraction of sp³-hybridized carbons (Fsp3) is 0.133. The Bertz CT molecular complexity index is 564. The van der Waals surface area contributed by atoms with Gasteiger partial charge in [-0.25, -0.2) is 8.78 Å². The van der Waals surface area contributed by atoms with Crippen molar-refractivity contribution in [3.63, 3.8) is 0 Å². The third kappa shape index (κ3) is 3.37. The van der Waals surface area contributed by atoms with E-state index in [1.807, 2.05) is 30.3 Å². The highest BCUT2D eigenvalue weighted by molar-refractivity contribution is 5.94. The Balaban J connectivity index is 2.15. The Morgan fingerprint density at radius 3 is 2.21 bits per heavy atom. The van der Waals surface area contributed by atoms with Crippen LogP contribution < -0.4 is 0 Å². The third-order valence-corrected chi connectivity index (χ3v) is 2.72. The second-order valence-electron chi connectivity index (χ2n) is 4.30. The van der Waals surface area contributed by atoms with E-state index in [0.29, 0.717) is 6.54 Å². The summed E-state index contributed by atoms with van der Waals surface area (Å²) in [5.74, 6) is -1.92. The lowest BCUT2D eigenvalue weighted by Gasteiger charge is -2.17. The lowest BCUT2D eigenvalue weighted by atomic mass is 10.1. The van der Waals surface area contributed by atoms with Gasteiger partial charge in [-0.05, 0) is 17.7 Å². The van der Waals surface area contributed by atoms with Crippen LogP contribution in [0.4, 0.5) is 8.78 Å². The van der Waals surface area contributed by atoms with Crippen molar-refractivity contribution in [2.24, 2.45) is 0 Å². The molecule has 0 aliphatic carbocycles. The van der Waals surface area contributed by atoms with E-state index < -0.39 is 17.5 Å². The van der Waals surface area contributed by atoms with Crippen molar-refractivity contribution in [2.45, 2.75) is 6.54 Å². The molecule has 0 unspecified atom stereocenters. The summed E-state index contributed by atoms with van der Waals surface area (Å²) >= 11 is 0. The largest absolute Gasteiger partial charge is 0.337 e. The molecule has 0 radical (unpaired) electrons. The number of benzene rings is 2. The van der Waals surface area contributed by atoms with E-state index in [-0.39, 0.29) is 5.56 Å². The van der Waals surface area contributed by atoms with E-state index in [0.717, 1.165) is 23.8 Å². The summed E-state index contributed by atoms with van der Waals surface area (Å²) < 4.78 is 26.1. The van der Waals surface area contributed by atoms with Crippen LogP contribution in [0, 0.1) is 11.6 Å². The summed E-state index contributed by atoms with van der Waals surface area (Å²) in [4.78, 5) is 13.5. The summed E-state index contributed by atoms with van der Waals surface area (Å²) in [6, 6.07) is 12.2. The molecule has 98 valence electrons. The van der Waals surface area contributed by atoms with Crippen molar-refractivity contribution in [1.82, 2.24) is 4.90 Å². The molecule has 0 aromatic heterocycles. The molecular weight excluding hydrogens is 248 g/mol. The topological polar surface area (TPSA) is 20.3 Å². The Morgan fingerprint density at radius 1 is 1.05 bits per heavy atom. The Hall–Kier alpha value is -2.23. The number of hydrogen-bond acceptors (Lipinski definition) is 1. The number of hydrogen-bond donors (Lipinski definition) is 0. The van der Waals surface area contributed by atoms with Gasteiger partial charge in [0.2, 0.25) is 0 Å². The van der Waals surface area contributed by atoms with Gasteiger partial charge in [0.25, 0.3) is 5.91 Å². The van der Waals surface area contributed by atoms with Gasteiger partial charge < -0.3 is 4.90 Å². The number of nitrogens with zero attached hydrogens (tertiary/aromatic N) is 1. The predicted molar refractivity (Wildman–Crippen MR) is 68.6 cm³/mol. The Morgan fingerprint density at radius 2 is 1.63 bits per heavy atom. The first-order chi connectivity index (χ1) is 9.06. The van der Waals surface area contributed by atoms with Crippen LogP contribution in [-0.2, 0) is 6.54 Å². The van der Waals surface area contributed by atoms with E-state index in [2.05, 4.69) is 0 Å². The average Bonchev–Trinajstić information content (AvgIpc) is 2.37. The molecule has 0 saturated heterocycles. The summed E-state index contributed by atoms with van der Waals surface area (Å²) in [6.07, 6.45) is 0. The molecule has 1 amide bonds. The van der Waals surface area contributed by atoms with Crippen LogP contribution in [0.1, 0.15) is 15.9 Å². The Kier molecular flexibility index (Phi) is 3.90. The van der Waals surface area contributed by atoms with Gasteiger partial charge in [0.1, 0.15) is 11.6 Å². The maximum absolute atomic E-state index is 13.1. The summed E-state index contributed by atoms with van der Waals surface area (Å²) in [7, 11) is 1.60. The van der Waals surface area contributed by atoms with E-state index in [4.69, 9.17) is 0 Å². The fourth-order valence-corrected chi connectivity index (χ4v) is 1.83. The summed E-state index contributed by atoms with van der Waals surface area (Å²) in [6.45, 7) is 0.387. The highest BCUT2D eigenvalue weighted by Crippen LogP contribution is 2.12. The molecule has 2 rings (SSSR count). The van der Waals surface area contributed by atoms with E-state index in [1.54, 1.807) is 7.05 Å². The first kappa shape index (κ1) is 13.2. The zero-order valence-corrected chi connectivity index (χ0v) is 10.4. The maximum atomic E-state index is 13.1. The zero-order chi connectivity index (χ0) is 13.8. The van der Waals surface area contributed by atoms with E-state index in [1.165, 1.54) is 4.90 Å². The molecule has 0 spiro atoms. The molecule has 4 heteroatoms. The van der Waals surface area contributed by atoms with Crippen molar-refractivity contribution < 1.29 is 13.6 Å². The summed E-state index contributed by atoms with van der Waals surface area (Å²) in [5.41, 5.74) is 0.964. The number of amides is 1. The SMILES string of the molecule is CN(Cc1ccccc1)C(=O)c1cc(F)cc(F)c1. The van der Waals surface area contributed by atoms with Crippen molar-refractivity contribution >= 4 is 5.91 Å². The standard InChI is InChI=1S/C15H13F2NO/c1-18(10-11-5-3-2-4-6-11)15(19)12-7-13(16)9-14(17)8-12/h2-9H,10H2,1H3. The van der Waals surface area contributed by atoms with Gasteiger partial charge in [-0.1, -0.05) is 30.3 Å². The van der Waals surface area contributed by atoms with Crippen LogP contribution in [-0.4, -0.2) is 17.9 Å².